The quantitative estimate of drug-likeness (QED) is 0.329. The molecule has 0 fully saturated rings. The number of para-hydroxylation sites is 1. The number of hydrogen-bond donors (Lipinski definition) is 1. The van der Waals surface area contributed by atoms with Gasteiger partial charge in [-0.3, -0.25) is 9.69 Å². The van der Waals surface area contributed by atoms with E-state index in [0.29, 0.717) is 46.4 Å². The van der Waals surface area contributed by atoms with Gasteiger partial charge in [0.2, 0.25) is 0 Å². The van der Waals surface area contributed by atoms with Gasteiger partial charge in [-0.15, -0.1) is 11.3 Å². The molecule has 0 spiro atoms. The van der Waals surface area contributed by atoms with Crippen molar-refractivity contribution in [3.63, 3.8) is 0 Å². The maximum Gasteiger partial charge on any atom is 0.195 e. The Balaban J connectivity index is 1.53. The molecule has 2 aromatic carbocycles. The summed E-state index contributed by atoms with van der Waals surface area (Å²) in [7, 11) is 0. The van der Waals surface area contributed by atoms with Crippen LogP contribution in [-0.4, -0.2) is 20.5 Å². The zero-order chi connectivity index (χ0) is 26.4. The fourth-order valence-corrected chi connectivity index (χ4v) is 6.53. The van der Waals surface area contributed by atoms with Crippen LogP contribution in [0.25, 0.3) is 16.9 Å². The Morgan fingerprint density at radius 3 is 2.53 bits per heavy atom. The molecule has 38 heavy (non-hydrogen) atoms. The number of rotatable bonds is 4. The van der Waals surface area contributed by atoms with E-state index in [0.717, 1.165) is 22.6 Å². The third-order valence-electron chi connectivity index (χ3n) is 7.00. The summed E-state index contributed by atoms with van der Waals surface area (Å²) in [5.41, 5.74) is 12.2. The minimum atomic E-state index is -0.697. The third-order valence-corrected chi connectivity index (χ3v) is 8.19. The van der Waals surface area contributed by atoms with E-state index in [-0.39, 0.29) is 17.2 Å². The fraction of sp³-hybridized carbons (Fsp3) is 0.172. The number of Topliss-reactive ketones (excluding diaryl/α,β-unsaturated/α-hetero) is 1. The Bertz CT molecular complexity index is 1660. The van der Waals surface area contributed by atoms with Crippen LogP contribution in [0.3, 0.4) is 0 Å². The van der Waals surface area contributed by atoms with Gasteiger partial charge < -0.3 is 5.73 Å². The number of carbonyl (C=O) groups is 1. The van der Waals surface area contributed by atoms with Crippen LogP contribution in [-0.2, 0) is 4.79 Å². The monoisotopic (exact) mass is 538 g/mol. The number of carbonyl (C=O) groups excluding carboxylic acids is 1. The second-order valence-electron chi connectivity index (χ2n) is 9.23. The highest BCUT2D eigenvalue weighted by molar-refractivity contribution is 7.14. The number of nitriles is 1. The van der Waals surface area contributed by atoms with E-state index in [1.807, 2.05) is 73.0 Å². The number of nitrogens with zero attached hydrogens (tertiary/aromatic N) is 5. The van der Waals surface area contributed by atoms with E-state index in [9.17, 15) is 10.1 Å². The number of nitrogens with two attached hydrogens (primary N) is 1. The van der Waals surface area contributed by atoms with Gasteiger partial charge in [0.1, 0.15) is 11.0 Å². The Morgan fingerprint density at radius 2 is 1.82 bits per heavy atom. The molecule has 3 heterocycles. The number of aryl methyl sites for hydroxylation is 1. The summed E-state index contributed by atoms with van der Waals surface area (Å²) in [6, 6.07) is 21.7. The molecular formula is C29H23ClN6OS. The van der Waals surface area contributed by atoms with E-state index < -0.39 is 5.92 Å². The molecule has 1 aliphatic heterocycles. The summed E-state index contributed by atoms with van der Waals surface area (Å²) < 4.78 is 1.64. The predicted octanol–water partition coefficient (Wildman–Crippen LogP) is 6.26. The highest BCUT2D eigenvalue weighted by Gasteiger charge is 2.43. The standard InChI is InChI=1S/C29H23ClN6OS/c1-17-24(27(30)36(34-17)19-11-6-3-7-12-19)25-20(15-31)28(32)35(22-13-8-14-23(37)26(22)25)29-33-21(16-38-29)18-9-4-2-5-10-18/h2-7,9-12,16,25H,8,13-14,32H2,1H3. The van der Waals surface area contributed by atoms with Crippen molar-refractivity contribution in [1.29, 1.82) is 5.26 Å². The molecule has 6 rings (SSSR count). The highest BCUT2D eigenvalue weighted by Crippen LogP contribution is 2.49. The van der Waals surface area contributed by atoms with Gasteiger partial charge >= 0.3 is 0 Å². The van der Waals surface area contributed by atoms with Crippen LogP contribution in [0.4, 0.5) is 5.13 Å². The lowest BCUT2D eigenvalue weighted by atomic mass is 9.76. The number of thiazole rings is 1. The topological polar surface area (TPSA) is 101 Å². The predicted molar refractivity (Wildman–Crippen MR) is 149 cm³/mol. The normalized spacial score (nSPS) is 17.6. The van der Waals surface area contributed by atoms with Crippen LogP contribution in [0.1, 0.15) is 36.4 Å². The average Bonchev–Trinajstić information content (AvgIpc) is 3.53. The van der Waals surface area contributed by atoms with E-state index in [1.54, 1.807) is 9.58 Å². The molecule has 1 unspecified atom stereocenters. The van der Waals surface area contributed by atoms with Gasteiger partial charge in [-0.1, -0.05) is 60.1 Å². The molecule has 1 atom stereocenters. The summed E-state index contributed by atoms with van der Waals surface area (Å²) in [5, 5.41) is 18.0. The number of hydrogen-bond acceptors (Lipinski definition) is 7. The van der Waals surface area contributed by atoms with Gasteiger partial charge in [-0.2, -0.15) is 10.4 Å². The molecule has 2 aliphatic rings. The van der Waals surface area contributed by atoms with Gasteiger partial charge in [0.05, 0.1) is 34.6 Å². The molecule has 0 saturated carbocycles. The molecule has 2 aromatic heterocycles. The van der Waals surface area contributed by atoms with Gasteiger partial charge in [-0.05, 0) is 31.9 Å². The first-order valence-electron chi connectivity index (χ1n) is 12.3. The molecule has 9 heteroatoms. The molecule has 0 bridgehead atoms. The Hall–Kier alpha value is -4.19. The van der Waals surface area contributed by atoms with Crippen molar-refractivity contribution in [2.75, 3.05) is 4.90 Å². The van der Waals surface area contributed by atoms with Gasteiger partial charge in [0.25, 0.3) is 0 Å². The maximum atomic E-state index is 13.5. The van der Waals surface area contributed by atoms with Crippen molar-refractivity contribution in [2.24, 2.45) is 5.73 Å². The lowest BCUT2D eigenvalue weighted by Crippen LogP contribution is -2.38. The first-order chi connectivity index (χ1) is 18.5. The van der Waals surface area contributed by atoms with Gasteiger partial charge in [-0.25, -0.2) is 9.67 Å². The summed E-state index contributed by atoms with van der Waals surface area (Å²) in [5.74, 6) is -0.440. The average molecular weight is 539 g/mol. The molecule has 4 aromatic rings. The third kappa shape index (κ3) is 3.83. The first kappa shape index (κ1) is 24.2. The minimum absolute atomic E-state index is 0.00994. The molecule has 188 valence electrons. The van der Waals surface area contributed by atoms with Gasteiger partial charge in [0, 0.05) is 34.2 Å². The van der Waals surface area contributed by atoms with E-state index in [4.69, 9.17) is 22.3 Å². The number of halogens is 1. The number of allylic oxidation sites excluding steroid dienone is 3. The van der Waals surface area contributed by atoms with Crippen LogP contribution in [0.15, 0.2) is 88.7 Å². The highest BCUT2D eigenvalue weighted by atomic mass is 35.5. The molecule has 7 nitrogen and oxygen atoms in total. The number of aromatic nitrogens is 3. The fourth-order valence-electron chi connectivity index (χ4n) is 5.28. The molecular weight excluding hydrogens is 516 g/mol. The second kappa shape index (κ2) is 9.60. The molecule has 2 N–H and O–H groups in total. The van der Waals surface area contributed by atoms with Gasteiger partial charge in [0.15, 0.2) is 10.9 Å². The van der Waals surface area contributed by atoms with Crippen molar-refractivity contribution in [3.8, 4) is 23.0 Å². The zero-order valence-electron chi connectivity index (χ0n) is 20.6. The summed E-state index contributed by atoms with van der Waals surface area (Å²) in [6.45, 7) is 1.85. The Morgan fingerprint density at radius 1 is 1.11 bits per heavy atom. The zero-order valence-corrected chi connectivity index (χ0v) is 22.1. The molecule has 0 amide bonds. The van der Waals surface area contributed by atoms with Crippen LogP contribution < -0.4 is 10.6 Å². The number of ketones is 1. The molecule has 1 aliphatic carbocycles. The van der Waals surface area contributed by atoms with Crippen molar-refractivity contribution in [3.05, 3.63) is 105 Å². The SMILES string of the molecule is Cc1nn(-c2ccccc2)c(Cl)c1C1C(C#N)=C(N)N(c2nc(-c3ccccc3)cs2)C2=C1C(=O)CCC2. The number of anilines is 1. The summed E-state index contributed by atoms with van der Waals surface area (Å²) in [4.78, 5) is 20.2. The first-order valence-corrected chi connectivity index (χ1v) is 13.5. The largest absolute Gasteiger partial charge is 0.384 e. The smallest absolute Gasteiger partial charge is 0.195 e. The second-order valence-corrected chi connectivity index (χ2v) is 10.4. The van der Waals surface area contributed by atoms with Crippen LogP contribution in [0.2, 0.25) is 5.15 Å². The van der Waals surface area contributed by atoms with E-state index >= 15 is 0 Å². The lowest BCUT2D eigenvalue weighted by Gasteiger charge is -2.38. The Labute approximate surface area is 229 Å². The van der Waals surface area contributed by atoms with Crippen molar-refractivity contribution >= 4 is 33.9 Å². The Kier molecular flexibility index (Phi) is 6.10. The van der Waals surface area contributed by atoms with Crippen molar-refractivity contribution < 1.29 is 4.79 Å². The minimum Gasteiger partial charge on any atom is -0.384 e. The lowest BCUT2D eigenvalue weighted by molar-refractivity contribution is -0.116. The summed E-state index contributed by atoms with van der Waals surface area (Å²) >= 11 is 8.37. The van der Waals surface area contributed by atoms with Crippen molar-refractivity contribution in [1.82, 2.24) is 14.8 Å². The molecule has 0 radical (unpaired) electrons. The van der Waals surface area contributed by atoms with Crippen molar-refractivity contribution in [2.45, 2.75) is 32.1 Å². The van der Waals surface area contributed by atoms with E-state index in [2.05, 4.69) is 11.2 Å². The maximum absolute atomic E-state index is 13.5. The summed E-state index contributed by atoms with van der Waals surface area (Å²) in [6.07, 6.45) is 1.74. The molecule has 0 saturated heterocycles. The van der Waals surface area contributed by atoms with E-state index in [1.165, 1.54) is 11.3 Å². The number of benzene rings is 2. The van der Waals surface area contributed by atoms with Crippen LogP contribution in [0.5, 0.6) is 0 Å². The van der Waals surface area contributed by atoms with Crippen LogP contribution >= 0.6 is 22.9 Å². The van der Waals surface area contributed by atoms with Crippen LogP contribution in [0, 0.1) is 18.3 Å².